The monoisotopic (exact) mass is 389 g/mol. The Morgan fingerprint density at radius 2 is 2.12 bits per heavy atom. The maximum Gasteiger partial charge on any atom is 0.230 e. The number of nitrogens with zero attached hydrogens (tertiary/aromatic N) is 4. The summed E-state index contributed by atoms with van der Waals surface area (Å²) in [6.45, 7) is 4.70. The van der Waals surface area contributed by atoms with Gasteiger partial charge in [-0.1, -0.05) is 30.0 Å². The molecule has 1 amide bonds. The van der Waals surface area contributed by atoms with Gasteiger partial charge in [-0.3, -0.25) is 4.79 Å². The quantitative estimate of drug-likeness (QED) is 0.603. The molecule has 3 aromatic rings. The Kier molecular flexibility index (Phi) is 5.89. The van der Waals surface area contributed by atoms with Gasteiger partial charge in [-0.25, -0.2) is 4.68 Å². The summed E-state index contributed by atoms with van der Waals surface area (Å²) < 4.78 is 1.69. The molecule has 0 radical (unpaired) electrons. The number of benzene rings is 1. The van der Waals surface area contributed by atoms with Crippen molar-refractivity contribution in [3.63, 3.8) is 0 Å². The lowest BCUT2D eigenvalue weighted by molar-refractivity contribution is -0.118. The van der Waals surface area contributed by atoms with Crippen molar-refractivity contribution in [1.29, 1.82) is 0 Å². The van der Waals surface area contributed by atoms with E-state index in [2.05, 4.69) is 20.8 Å². The lowest BCUT2D eigenvalue weighted by Gasteiger charge is -2.09. The Balaban J connectivity index is 1.51. The second kappa shape index (κ2) is 8.33. The number of nitrogens with one attached hydrogen (secondary N) is 1. The fraction of sp³-hybridized carbons (Fsp3) is 0.294. The van der Waals surface area contributed by atoms with Crippen LogP contribution in [0.15, 0.2) is 34.8 Å². The van der Waals surface area contributed by atoms with E-state index in [4.69, 9.17) is 0 Å². The number of rotatable bonds is 7. The number of thioether (sulfide) groups is 1. The highest BCUT2D eigenvalue weighted by Crippen LogP contribution is 2.23. The predicted molar refractivity (Wildman–Crippen MR) is 101 cm³/mol. The summed E-state index contributed by atoms with van der Waals surface area (Å²) in [6.07, 6.45) is 0. The molecule has 7 nitrogen and oxygen atoms in total. The average molecular weight is 390 g/mol. The van der Waals surface area contributed by atoms with Crippen molar-refractivity contribution in [2.75, 3.05) is 5.75 Å². The lowest BCUT2D eigenvalue weighted by Crippen LogP contribution is -2.24. The van der Waals surface area contributed by atoms with Gasteiger partial charge in [0.25, 0.3) is 0 Å². The molecule has 2 heterocycles. The van der Waals surface area contributed by atoms with Crippen LogP contribution in [0, 0.1) is 13.8 Å². The van der Waals surface area contributed by atoms with Crippen LogP contribution in [0.3, 0.4) is 0 Å². The van der Waals surface area contributed by atoms with Crippen molar-refractivity contribution in [2.45, 2.75) is 32.1 Å². The zero-order valence-corrected chi connectivity index (χ0v) is 16.1. The molecule has 0 aliphatic rings. The summed E-state index contributed by atoms with van der Waals surface area (Å²) in [5.41, 5.74) is 2.56. The first-order valence-electron chi connectivity index (χ1n) is 8.00. The molecule has 2 N–H and O–H groups in total. The molecule has 26 heavy (non-hydrogen) atoms. The van der Waals surface area contributed by atoms with Crippen molar-refractivity contribution in [1.82, 2.24) is 25.5 Å². The van der Waals surface area contributed by atoms with Crippen LogP contribution in [0.2, 0.25) is 0 Å². The van der Waals surface area contributed by atoms with Gasteiger partial charge in [-0.15, -0.1) is 16.4 Å². The van der Waals surface area contributed by atoms with Crippen LogP contribution in [0.4, 0.5) is 0 Å². The van der Waals surface area contributed by atoms with E-state index in [1.807, 2.05) is 43.5 Å². The zero-order chi connectivity index (χ0) is 18.5. The number of carbonyl (C=O) groups is 1. The molecule has 2 aromatic heterocycles. The third-order valence-corrected chi connectivity index (χ3v) is 5.58. The van der Waals surface area contributed by atoms with Crippen molar-refractivity contribution in [2.24, 2.45) is 0 Å². The van der Waals surface area contributed by atoms with Crippen molar-refractivity contribution in [3.8, 4) is 5.75 Å². The Bertz CT molecular complexity index is 869. The number of aromatic hydroxyl groups is 1. The van der Waals surface area contributed by atoms with Gasteiger partial charge in [0.15, 0.2) is 0 Å². The third kappa shape index (κ3) is 4.61. The van der Waals surface area contributed by atoms with E-state index in [0.717, 1.165) is 21.6 Å². The smallest absolute Gasteiger partial charge is 0.230 e. The van der Waals surface area contributed by atoms with Gasteiger partial charge in [0.2, 0.25) is 11.1 Å². The largest absolute Gasteiger partial charge is 0.507 e. The maximum absolute atomic E-state index is 12.1. The first kappa shape index (κ1) is 18.4. The molecule has 0 spiro atoms. The van der Waals surface area contributed by atoms with E-state index in [-0.39, 0.29) is 11.7 Å². The number of phenols is 1. The minimum absolute atomic E-state index is 0.0935. The molecular formula is C17H19N5O2S2. The number of amides is 1. The van der Waals surface area contributed by atoms with Gasteiger partial charge in [-0.2, -0.15) is 0 Å². The highest BCUT2D eigenvalue weighted by Gasteiger charge is 2.11. The first-order valence-corrected chi connectivity index (χ1v) is 9.86. The molecule has 136 valence electrons. The summed E-state index contributed by atoms with van der Waals surface area (Å²) in [5.74, 6) is 0.443. The summed E-state index contributed by atoms with van der Waals surface area (Å²) in [5, 5.41) is 27.0. The topological polar surface area (TPSA) is 92.9 Å². The Morgan fingerprint density at radius 3 is 2.81 bits per heavy atom. The van der Waals surface area contributed by atoms with Gasteiger partial charge in [0.05, 0.1) is 12.3 Å². The second-order valence-electron chi connectivity index (χ2n) is 5.84. The molecule has 3 rings (SSSR count). The van der Waals surface area contributed by atoms with Crippen LogP contribution in [-0.4, -0.2) is 37.0 Å². The highest BCUT2D eigenvalue weighted by atomic mass is 32.2. The maximum atomic E-state index is 12.1. The van der Waals surface area contributed by atoms with Crippen LogP contribution >= 0.6 is 23.1 Å². The molecule has 0 atom stereocenters. The van der Waals surface area contributed by atoms with E-state index in [1.54, 1.807) is 16.0 Å². The molecule has 0 saturated carbocycles. The number of tetrazole rings is 1. The van der Waals surface area contributed by atoms with Crippen molar-refractivity contribution < 1.29 is 9.90 Å². The van der Waals surface area contributed by atoms with Gasteiger partial charge in [0.1, 0.15) is 5.75 Å². The number of aryl methyl sites for hydroxylation is 2. The predicted octanol–water partition coefficient (Wildman–Crippen LogP) is 2.51. The molecule has 1 aromatic carbocycles. The molecule has 0 bridgehead atoms. The minimum Gasteiger partial charge on any atom is -0.507 e. The minimum atomic E-state index is -0.0935. The zero-order valence-electron chi connectivity index (χ0n) is 14.5. The fourth-order valence-corrected chi connectivity index (χ4v) is 3.87. The standard InChI is InChI=1S/C17H19N5O2S2/c1-11-6-13(7-12(2)16(11)24)8-18-15(23)10-26-17-19-20-21-22(17)9-14-4-3-5-25-14/h3-7,24H,8-10H2,1-2H3,(H,18,23). The number of carbonyl (C=O) groups excluding carboxylic acids is 1. The molecule has 0 aliphatic heterocycles. The summed E-state index contributed by atoms with van der Waals surface area (Å²) in [6, 6.07) is 7.75. The van der Waals surface area contributed by atoms with Gasteiger partial charge >= 0.3 is 0 Å². The molecular weight excluding hydrogens is 370 g/mol. The van der Waals surface area contributed by atoms with E-state index < -0.39 is 0 Å². The summed E-state index contributed by atoms with van der Waals surface area (Å²) in [4.78, 5) is 13.3. The van der Waals surface area contributed by atoms with Crippen LogP contribution < -0.4 is 5.32 Å². The van der Waals surface area contributed by atoms with Crippen LogP contribution in [0.5, 0.6) is 5.75 Å². The van der Waals surface area contributed by atoms with E-state index in [9.17, 15) is 9.90 Å². The molecule has 0 unspecified atom stereocenters. The van der Waals surface area contributed by atoms with Crippen LogP contribution in [0.1, 0.15) is 21.6 Å². The number of phenolic OH excluding ortho intramolecular Hbond substituents is 1. The lowest BCUT2D eigenvalue weighted by atomic mass is 10.1. The number of hydrogen-bond donors (Lipinski definition) is 2. The molecule has 9 heteroatoms. The van der Waals surface area contributed by atoms with E-state index in [0.29, 0.717) is 24.0 Å². The third-order valence-electron chi connectivity index (χ3n) is 3.76. The Labute approximate surface area is 159 Å². The SMILES string of the molecule is Cc1cc(CNC(=O)CSc2nnnn2Cc2cccs2)cc(C)c1O. The van der Waals surface area contributed by atoms with Crippen LogP contribution in [0.25, 0.3) is 0 Å². The van der Waals surface area contributed by atoms with Crippen molar-refractivity contribution in [3.05, 3.63) is 51.2 Å². The summed E-state index contributed by atoms with van der Waals surface area (Å²) >= 11 is 2.95. The first-order chi connectivity index (χ1) is 12.5. The number of aromatic nitrogens is 4. The Hall–Kier alpha value is -2.39. The normalized spacial score (nSPS) is 10.8. The van der Waals surface area contributed by atoms with Crippen molar-refractivity contribution >= 4 is 29.0 Å². The van der Waals surface area contributed by atoms with Gasteiger partial charge < -0.3 is 10.4 Å². The summed E-state index contributed by atoms with van der Waals surface area (Å²) in [7, 11) is 0. The second-order valence-corrected chi connectivity index (χ2v) is 7.82. The van der Waals surface area contributed by atoms with E-state index in [1.165, 1.54) is 11.8 Å². The van der Waals surface area contributed by atoms with Gasteiger partial charge in [-0.05, 0) is 52.4 Å². The molecule has 0 aliphatic carbocycles. The fourth-order valence-electron chi connectivity index (χ4n) is 2.48. The average Bonchev–Trinajstić information content (AvgIpc) is 3.28. The molecule has 0 fully saturated rings. The molecule has 0 saturated heterocycles. The number of hydrogen-bond acceptors (Lipinski definition) is 7. The Morgan fingerprint density at radius 1 is 1.35 bits per heavy atom. The van der Waals surface area contributed by atoms with Gasteiger partial charge in [0, 0.05) is 11.4 Å². The van der Waals surface area contributed by atoms with E-state index >= 15 is 0 Å². The number of thiophene rings is 1. The van der Waals surface area contributed by atoms with Crippen LogP contribution in [-0.2, 0) is 17.9 Å². The highest BCUT2D eigenvalue weighted by molar-refractivity contribution is 7.99.